The Hall–Kier alpha value is -1.31. The number of anilines is 1. The summed E-state index contributed by atoms with van der Waals surface area (Å²) in [6.45, 7) is 3.81. The lowest BCUT2D eigenvalue weighted by Crippen LogP contribution is -2.37. The van der Waals surface area contributed by atoms with Gasteiger partial charge in [-0.25, -0.2) is 0 Å². The number of hydrogen-bond acceptors (Lipinski definition) is 2. The second-order valence-corrected chi connectivity index (χ2v) is 6.46. The van der Waals surface area contributed by atoms with Gasteiger partial charge in [0.1, 0.15) is 0 Å². The molecule has 0 unspecified atom stereocenters. The average molecular weight is 271 g/mol. The molecule has 0 aromatic heterocycles. The molecule has 0 radical (unpaired) electrons. The molecule has 1 heterocycles. The van der Waals surface area contributed by atoms with Crippen molar-refractivity contribution >= 4 is 11.5 Å². The van der Waals surface area contributed by atoms with Crippen LogP contribution in [0.3, 0.4) is 0 Å². The highest BCUT2D eigenvalue weighted by molar-refractivity contribution is 5.86. The van der Waals surface area contributed by atoms with Gasteiger partial charge in [0.15, 0.2) is 5.78 Å². The van der Waals surface area contributed by atoms with Crippen LogP contribution in [0.1, 0.15) is 49.7 Å². The van der Waals surface area contributed by atoms with Crippen molar-refractivity contribution in [2.45, 2.75) is 51.9 Å². The van der Waals surface area contributed by atoms with E-state index in [1.54, 1.807) is 0 Å². The molecular weight excluding hydrogens is 246 g/mol. The lowest BCUT2D eigenvalue weighted by atomic mass is 9.86. The van der Waals surface area contributed by atoms with Gasteiger partial charge in [-0.1, -0.05) is 37.0 Å². The van der Waals surface area contributed by atoms with Crippen molar-refractivity contribution in [3.8, 4) is 0 Å². The van der Waals surface area contributed by atoms with Gasteiger partial charge < -0.3 is 4.90 Å². The summed E-state index contributed by atoms with van der Waals surface area (Å²) in [7, 11) is 0. The molecule has 0 saturated heterocycles. The van der Waals surface area contributed by atoms with Crippen molar-refractivity contribution in [1.29, 1.82) is 0 Å². The van der Waals surface area contributed by atoms with E-state index in [-0.39, 0.29) is 0 Å². The lowest BCUT2D eigenvalue weighted by molar-refractivity contribution is -0.122. The zero-order chi connectivity index (χ0) is 13.9. The molecule has 2 aliphatic rings. The minimum Gasteiger partial charge on any atom is -0.364 e. The van der Waals surface area contributed by atoms with Crippen molar-refractivity contribution in [3.05, 3.63) is 29.3 Å². The third-order valence-corrected chi connectivity index (χ3v) is 4.86. The number of carbonyl (C=O) groups is 1. The highest BCUT2D eigenvalue weighted by Crippen LogP contribution is 2.30. The number of ketones is 1. The summed E-state index contributed by atoms with van der Waals surface area (Å²) in [4.78, 5) is 14.8. The molecule has 0 atom stereocenters. The first kappa shape index (κ1) is 13.7. The molecule has 108 valence electrons. The molecule has 0 amide bonds. The predicted octanol–water partition coefficient (Wildman–Crippen LogP) is 3.90. The molecule has 1 aliphatic heterocycles. The topological polar surface area (TPSA) is 20.3 Å². The monoisotopic (exact) mass is 271 g/mol. The van der Waals surface area contributed by atoms with Crippen molar-refractivity contribution in [2.75, 3.05) is 18.0 Å². The van der Waals surface area contributed by atoms with E-state index in [4.69, 9.17) is 0 Å². The second-order valence-electron chi connectivity index (χ2n) is 6.46. The van der Waals surface area contributed by atoms with Crippen LogP contribution in [0.4, 0.5) is 5.69 Å². The molecule has 0 N–H and O–H groups in total. The van der Waals surface area contributed by atoms with Gasteiger partial charge in [-0.3, -0.25) is 4.79 Å². The standard InChI is InChI=1S/C18H25NO/c1-14-9-10-17-16(12-14)8-5-11-19(17)13-18(20)15-6-3-2-4-7-15/h9-10,12,15H,2-8,11,13H2,1H3. The summed E-state index contributed by atoms with van der Waals surface area (Å²) in [5.41, 5.74) is 4.04. The van der Waals surface area contributed by atoms with Crippen LogP contribution in [0, 0.1) is 12.8 Å². The van der Waals surface area contributed by atoms with Crippen LogP contribution in [-0.2, 0) is 11.2 Å². The number of carbonyl (C=O) groups excluding carboxylic acids is 1. The maximum Gasteiger partial charge on any atom is 0.155 e. The molecule has 0 spiro atoms. The fraction of sp³-hybridized carbons (Fsp3) is 0.611. The van der Waals surface area contributed by atoms with Crippen LogP contribution in [0.2, 0.25) is 0 Å². The first-order valence-corrected chi connectivity index (χ1v) is 8.11. The van der Waals surface area contributed by atoms with E-state index in [0.717, 1.165) is 25.8 Å². The highest BCUT2D eigenvalue weighted by atomic mass is 16.1. The largest absolute Gasteiger partial charge is 0.364 e. The first-order chi connectivity index (χ1) is 9.74. The fourth-order valence-electron chi connectivity index (χ4n) is 3.71. The van der Waals surface area contributed by atoms with E-state index in [9.17, 15) is 4.79 Å². The molecule has 1 fully saturated rings. The van der Waals surface area contributed by atoms with E-state index >= 15 is 0 Å². The minimum atomic E-state index is 0.333. The van der Waals surface area contributed by atoms with Crippen molar-refractivity contribution in [2.24, 2.45) is 5.92 Å². The summed E-state index contributed by atoms with van der Waals surface area (Å²) < 4.78 is 0. The first-order valence-electron chi connectivity index (χ1n) is 8.11. The Morgan fingerprint density at radius 1 is 1.20 bits per heavy atom. The maximum absolute atomic E-state index is 12.5. The highest BCUT2D eigenvalue weighted by Gasteiger charge is 2.25. The molecule has 1 aromatic rings. The zero-order valence-electron chi connectivity index (χ0n) is 12.5. The van der Waals surface area contributed by atoms with Gasteiger partial charge in [-0.15, -0.1) is 0 Å². The Morgan fingerprint density at radius 2 is 2.00 bits per heavy atom. The quantitative estimate of drug-likeness (QED) is 0.831. The van der Waals surface area contributed by atoms with Gasteiger partial charge in [0, 0.05) is 18.2 Å². The number of Topliss-reactive ketones (excluding diaryl/α,β-unsaturated/α-hetero) is 1. The zero-order valence-corrected chi connectivity index (χ0v) is 12.5. The van der Waals surface area contributed by atoms with E-state index in [1.165, 1.54) is 42.5 Å². The number of nitrogens with zero attached hydrogens (tertiary/aromatic N) is 1. The third-order valence-electron chi connectivity index (χ3n) is 4.86. The van der Waals surface area contributed by atoms with E-state index in [2.05, 4.69) is 30.0 Å². The number of aryl methyl sites for hydroxylation is 2. The summed E-state index contributed by atoms with van der Waals surface area (Å²) in [5.74, 6) is 0.803. The van der Waals surface area contributed by atoms with Gasteiger partial charge in [0.2, 0.25) is 0 Å². The van der Waals surface area contributed by atoms with Crippen LogP contribution >= 0.6 is 0 Å². The van der Waals surface area contributed by atoms with Gasteiger partial charge >= 0.3 is 0 Å². The number of hydrogen-bond donors (Lipinski definition) is 0. The summed E-state index contributed by atoms with van der Waals surface area (Å²) >= 11 is 0. The minimum absolute atomic E-state index is 0.333. The van der Waals surface area contributed by atoms with Crippen LogP contribution in [-0.4, -0.2) is 18.9 Å². The normalized spacial score (nSPS) is 19.8. The summed E-state index contributed by atoms with van der Waals surface area (Å²) in [5, 5.41) is 0. The number of rotatable bonds is 3. The van der Waals surface area contributed by atoms with Gasteiger partial charge in [-0.05, 0) is 44.2 Å². The molecule has 2 nitrogen and oxygen atoms in total. The second kappa shape index (κ2) is 5.99. The van der Waals surface area contributed by atoms with Crippen LogP contribution in [0.5, 0.6) is 0 Å². The molecule has 20 heavy (non-hydrogen) atoms. The molecule has 2 heteroatoms. The van der Waals surface area contributed by atoms with E-state index < -0.39 is 0 Å². The SMILES string of the molecule is Cc1ccc2c(c1)CCCN2CC(=O)C1CCCCC1. The van der Waals surface area contributed by atoms with Gasteiger partial charge in [-0.2, -0.15) is 0 Å². The number of fused-ring (bicyclic) bond motifs is 1. The maximum atomic E-state index is 12.5. The van der Waals surface area contributed by atoms with Crippen LogP contribution in [0.25, 0.3) is 0 Å². The number of benzene rings is 1. The Balaban J connectivity index is 1.71. The van der Waals surface area contributed by atoms with E-state index in [0.29, 0.717) is 18.2 Å². The predicted molar refractivity (Wildman–Crippen MR) is 83.3 cm³/mol. The molecular formula is C18H25NO. The summed E-state index contributed by atoms with van der Waals surface area (Å²) in [6.07, 6.45) is 8.37. The Bertz CT molecular complexity index is 488. The van der Waals surface area contributed by atoms with Crippen molar-refractivity contribution in [3.63, 3.8) is 0 Å². The van der Waals surface area contributed by atoms with Crippen molar-refractivity contribution in [1.82, 2.24) is 0 Å². The molecule has 0 bridgehead atoms. The Labute approximate surface area is 122 Å². The fourth-order valence-corrected chi connectivity index (χ4v) is 3.71. The van der Waals surface area contributed by atoms with E-state index in [1.807, 2.05) is 0 Å². The average Bonchev–Trinajstić information content (AvgIpc) is 2.48. The lowest BCUT2D eigenvalue weighted by Gasteiger charge is -2.32. The van der Waals surface area contributed by atoms with Crippen molar-refractivity contribution < 1.29 is 4.79 Å². The third kappa shape index (κ3) is 2.89. The molecule has 1 aromatic carbocycles. The Morgan fingerprint density at radius 3 is 2.80 bits per heavy atom. The Kier molecular flexibility index (Phi) is 4.09. The van der Waals surface area contributed by atoms with Gasteiger partial charge in [0.25, 0.3) is 0 Å². The van der Waals surface area contributed by atoms with Crippen LogP contribution in [0.15, 0.2) is 18.2 Å². The smallest absolute Gasteiger partial charge is 0.155 e. The molecule has 1 saturated carbocycles. The summed E-state index contributed by atoms with van der Waals surface area (Å²) in [6, 6.07) is 6.66. The van der Waals surface area contributed by atoms with Gasteiger partial charge in [0.05, 0.1) is 6.54 Å². The van der Waals surface area contributed by atoms with Crippen LogP contribution < -0.4 is 4.90 Å². The molecule has 1 aliphatic carbocycles. The molecule has 3 rings (SSSR count).